The van der Waals surface area contributed by atoms with Crippen LogP contribution < -0.4 is 19.7 Å². The Balaban J connectivity index is 1.08. The lowest BCUT2D eigenvalue weighted by molar-refractivity contribution is -0.136. The number of likely N-dealkylation sites (tertiary alicyclic amines) is 1. The summed E-state index contributed by atoms with van der Waals surface area (Å²) in [5, 5.41) is 50.7. The Morgan fingerprint density at radius 2 is 1.72 bits per heavy atom. The van der Waals surface area contributed by atoms with Gasteiger partial charge in [-0.3, -0.25) is 4.79 Å². The van der Waals surface area contributed by atoms with Crippen LogP contribution in [0.1, 0.15) is 38.2 Å². The Kier molecular flexibility index (Phi) is 13.7. The first kappa shape index (κ1) is 35.7. The van der Waals surface area contributed by atoms with E-state index in [0.29, 0.717) is 55.8 Å². The fourth-order valence-corrected chi connectivity index (χ4v) is 5.76. The Labute approximate surface area is 269 Å². The first-order valence-corrected chi connectivity index (χ1v) is 16.1. The maximum atomic E-state index is 14.8. The van der Waals surface area contributed by atoms with Gasteiger partial charge in [-0.05, 0) is 50.2 Å². The van der Waals surface area contributed by atoms with E-state index in [-0.39, 0.29) is 24.8 Å². The lowest BCUT2D eigenvalue weighted by atomic mass is 9.92. The standard InChI is InChI=1S/C32H48FN5O8/c1-2-45-25-15-35-32(36-16-25)37-9-7-21(8-10-37)4-3-11-46-24-6-5-23(26(33)13-24)12-29(42)38-18-22(19-38)14-34-17-27(40)30(43)31(44)28(41)20-39/h5-6,13,15-16,21-22,27-28,30-31,34,39-41,43-44H,2-4,7-12,14,17-20H2,1H3/t27-,28+,30+,31+/m0/s1. The molecule has 46 heavy (non-hydrogen) atoms. The topological polar surface area (TPSA) is 181 Å². The number of ether oxygens (including phenoxy) is 2. The molecular weight excluding hydrogens is 601 g/mol. The third kappa shape index (κ3) is 10.2. The van der Waals surface area contributed by atoms with E-state index in [0.717, 1.165) is 44.7 Å². The van der Waals surface area contributed by atoms with E-state index in [1.807, 2.05) is 6.92 Å². The van der Waals surface area contributed by atoms with Crippen LogP contribution in [0.5, 0.6) is 11.5 Å². The van der Waals surface area contributed by atoms with Crippen LogP contribution >= 0.6 is 0 Å². The first-order valence-electron chi connectivity index (χ1n) is 16.1. The number of hydrogen-bond donors (Lipinski definition) is 6. The molecule has 2 fully saturated rings. The molecule has 0 spiro atoms. The lowest BCUT2D eigenvalue weighted by Crippen LogP contribution is -2.55. The van der Waals surface area contributed by atoms with Crippen molar-refractivity contribution in [2.24, 2.45) is 11.8 Å². The van der Waals surface area contributed by atoms with E-state index < -0.39 is 36.8 Å². The summed E-state index contributed by atoms with van der Waals surface area (Å²) in [6.07, 6.45) is 1.17. The molecule has 1 aromatic carbocycles. The minimum Gasteiger partial charge on any atom is -0.493 e. The molecule has 1 amide bonds. The van der Waals surface area contributed by atoms with Crippen molar-refractivity contribution >= 4 is 11.9 Å². The summed E-state index contributed by atoms with van der Waals surface area (Å²) in [7, 11) is 0. The van der Waals surface area contributed by atoms with E-state index in [1.54, 1.807) is 29.4 Å². The molecule has 0 radical (unpaired) electrons. The molecule has 0 saturated carbocycles. The van der Waals surface area contributed by atoms with Crippen LogP contribution in [0.2, 0.25) is 0 Å². The van der Waals surface area contributed by atoms with Crippen molar-refractivity contribution in [3.63, 3.8) is 0 Å². The number of aliphatic hydroxyl groups excluding tert-OH is 5. The van der Waals surface area contributed by atoms with Crippen molar-refractivity contribution < 1.29 is 44.2 Å². The van der Waals surface area contributed by atoms with Crippen molar-refractivity contribution in [1.29, 1.82) is 0 Å². The number of hydrogen-bond acceptors (Lipinski definition) is 12. The second kappa shape index (κ2) is 17.7. The normalized spacial score (nSPS) is 18.5. The summed E-state index contributed by atoms with van der Waals surface area (Å²) >= 11 is 0. The van der Waals surface area contributed by atoms with Gasteiger partial charge in [-0.2, -0.15) is 0 Å². The Morgan fingerprint density at radius 3 is 2.37 bits per heavy atom. The number of piperidine rings is 1. The molecular formula is C32H48FN5O8. The van der Waals surface area contributed by atoms with Crippen LogP contribution in [-0.2, 0) is 11.2 Å². The van der Waals surface area contributed by atoms with E-state index >= 15 is 0 Å². The fourth-order valence-electron chi connectivity index (χ4n) is 5.76. The third-order valence-electron chi connectivity index (χ3n) is 8.64. The molecule has 0 bridgehead atoms. The molecule has 3 heterocycles. The van der Waals surface area contributed by atoms with Crippen LogP contribution in [0.15, 0.2) is 30.6 Å². The monoisotopic (exact) mass is 649 g/mol. The number of amides is 1. The maximum absolute atomic E-state index is 14.8. The van der Waals surface area contributed by atoms with Crippen LogP contribution in [-0.4, -0.2) is 130 Å². The quantitative estimate of drug-likeness (QED) is 0.120. The van der Waals surface area contributed by atoms with Gasteiger partial charge in [-0.15, -0.1) is 0 Å². The van der Waals surface area contributed by atoms with Gasteiger partial charge < -0.3 is 50.1 Å². The summed E-state index contributed by atoms with van der Waals surface area (Å²) in [4.78, 5) is 25.3. The zero-order valence-electron chi connectivity index (χ0n) is 26.4. The lowest BCUT2D eigenvalue weighted by Gasteiger charge is -2.39. The summed E-state index contributed by atoms with van der Waals surface area (Å²) in [5.41, 5.74) is 0.308. The molecule has 6 N–H and O–H groups in total. The van der Waals surface area contributed by atoms with Gasteiger partial charge in [0.05, 0.1) is 44.7 Å². The van der Waals surface area contributed by atoms with Crippen molar-refractivity contribution in [1.82, 2.24) is 20.2 Å². The van der Waals surface area contributed by atoms with Crippen molar-refractivity contribution in [3.8, 4) is 11.5 Å². The van der Waals surface area contributed by atoms with Gasteiger partial charge in [0.2, 0.25) is 11.9 Å². The Morgan fingerprint density at radius 1 is 1.02 bits per heavy atom. The van der Waals surface area contributed by atoms with Gasteiger partial charge in [0.1, 0.15) is 29.9 Å². The van der Waals surface area contributed by atoms with Crippen LogP contribution in [0.3, 0.4) is 0 Å². The number of aliphatic hydroxyl groups is 5. The van der Waals surface area contributed by atoms with Crippen LogP contribution in [0, 0.1) is 17.7 Å². The predicted octanol–water partition coefficient (Wildman–Crippen LogP) is 0.116. The Bertz CT molecular complexity index is 1210. The van der Waals surface area contributed by atoms with Gasteiger partial charge in [-0.1, -0.05) is 6.07 Å². The molecule has 1 aromatic heterocycles. The molecule has 14 heteroatoms. The zero-order chi connectivity index (χ0) is 33.1. The number of carbonyl (C=O) groups is 1. The van der Waals surface area contributed by atoms with Gasteiger partial charge in [-0.25, -0.2) is 14.4 Å². The van der Waals surface area contributed by atoms with Crippen molar-refractivity contribution in [2.75, 3.05) is 64.0 Å². The zero-order valence-corrected chi connectivity index (χ0v) is 26.4. The summed E-state index contributed by atoms with van der Waals surface area (Å²) < 4.78 is 26.0. The van der Waals surface area contributed by atoms with Gasteiger partial charge in [0.25, 0.3) is 0 Å². The van der Waals surface area contributed by atoms with Gasteiger partial charge >= 0.3 is 0 Å². The minimum absolute atomic E-state index is 0.0406. The van der Waals surface area contributed by atoms with Crippen molar-refractivity contribution in [2.45, 2.75) is 63.4 Å². The van der Waals surface area contributed by atoms with E-state index in [2.05, 4.69) is 20.2 Å². The number of rotatable bonds is 18. The average molecular weight is 650 g/mol. The summed E-state index contributed by atoms with van der Waals surface area (Å²) in [6.45, 7) is 5.45. The third-order valence-corrected chi connectivity index (χ3v) is 8.64. The number of carbonyl (C=O) groups excluding carboxylic acids is 1. The van der Waals surface area contributed by atoms with E-state index in [4.69, 9.17) is 14.6 Å². The average Bonchev–Trinajstić information content (AvgIpc) is 3.04. The van der Waals surface area contributed by atoms with E-state index in [9.17, 15) is 29.6 Å². The number of anilines is 1. The predicted molar refractivity (Wildman–Crippen MR) is 167 cm³/mol. The summed E-state index contributed by atoms with van der Waals surface area (Å²) in [6, 6.07) is 4.62. The highest BCUT2D eigenvalue weighted by Gasteiger charge is 2.32. The molecule has 4 atom stereocenters. The van der Waals surface area contributed by atoms with Crippen LogP contribution in [0.4, 0.5) is 10.3 Å². The minimum atomic E-state index is -1.67. The molecule has 2 aliphatic heterocycles. The molecule has 0 unspecified atom stereocenters. The number of nitrogens with one attached hydrogen (secondary N) is 1. The molecule has 0 aliphatic carbocycles. The maximum Gasteiger partial charge on any atom is 0.227 e. The Hall–Kier alpha value is -3.14. The first-order chi connectivity index (χ1) is 22.2. The van der Waals surface area contributed by atoms with Gasteiger partial charge in [0.15, 0.2) is 5.75 Å². The molecule has 13 nitrogen and oxygen atoms in total. The van der Waals surface area contributed by atoms with Crippen molar-refractivity contribution in [3.05, 3.63) is 42.0 Å². The molecule has 4 rings (SSSR count). The smallest absolute Gasteiger partial charge is 0.227 e. The second-order valence-corrected chi connectivity index (χ2v) is 12.1. The second-order valence-electron chi connectivity index (χ2n) is 12.1. The number of halogens is 1. The fraction of sp³-hybridized carbons (Fsp3) is 0.656. The summed E-state index contributed by atoms with van der Waals surface area (Å²) in [5.74, 6) is 1.91. The van der Waals surface area contributed by atoms with Gasteiger partial charge in [0, 0.05) is 51.3 Å². The van der Waals surface area contributed by atoms with E-state index in [1.165, 1.54) is 6.07 Å². The highest BCUT2D eigenvalue weighted by molar-refractivity contribution is 5.79. The number of aromatic nitrogens is 2. The largest absolute Gasteiger partial charge is 0.493 e. The highest BCUT2D eigenvalue weighted by Crippen LogP contribution is 2.25. The highest BCUT2D eigenvalue weighted by atomic mass is 19.1. The SMILES string of the molecule is CCOc1cnc(N2CCC(CCCOc3ccc(CC(=O)N4CC(CNC[C@H](O)[C@@H](O)[C@H](O)[C@H](O)CO)C4)c(F)c3)CC2)nc1. The molecule has 2 aliphatic rings. The molecule has 2 aromatic rings. The van der Waals surface area contributed by atoms with Crippen LogP contribution in [0.25, 0.3) is 0 Å². The molecule has 2 saturated heterocycles. The molecule has 256 valence electrons. The number of nitrogens with zero attached hydrogens (tertiary/aromatic N) is 4. The number of benzene rings is 1.